The van der Waals surface area contributed by atoms with Crippen LogP contribution in [0.5, 0.6) is 5.75 Å². The van der Waals surface area contributed by atoms with Gasteiger partial charge in [0.1, 0.15) is 13.0 Å². The molecule has 3 unspecified atom stereocenters. The van der Waals surface area contributed by atoms with Crippen molar-refractivity contribution in [1.82, 2.24) is 0 Å². The number of rotatable bonds is 14. The zero-order chi connectivity index (χ0) is 34.2. The van der Waals surface area contributed by atoms with Crippen molar-refractivity contribution >= 4 is 7.28 Å². The topological polar surface area (TPSA) is 35.2 Å². The van der Waals surface area contributed by atoms with Gasteiger partial charge < -0.3 is 10.5 Å². The van der Waals surface area contributed by atoms with Gasteiger partial charge in [-0.3, -0.25) is 0 Å². The number of unbranched alkanes of at least 4 members (excludes halogenated alkanes) is 4. The monoisotopic (exact) mass is 641 g/mol. The van der Waals surface area contributed by atoms with E-state index >= 15 is 0 Å². The minimum absolute atomic E-state index is 0.536. The van der Waals surface area contributed by atoms with Crippen LogP contribution in [0.4, 0.5) is 0 Å². The second kappa shape index (κ2) is 24.8. The zero-order valence-electron chi connectivity index (χ0n) is 31.3. The molecule has 3 aliphatic rings. The van der Waals surface area contributed by atoms with Gasteiger partial charge in [0.15, 0.2) is 0 Å². The predicted octanol–water partition coefficient (Wildman–Crippen LogP) is 12.7. The molecule has 2 saturated carbocycles. The minimum Gasteiger partial charge on any atom is -0.497 e. The molecule has 261 valence electrons. The van der Waals surface area contributed by atoms with Crippen LogP contribution in [-0.4, -0.2) is 21.4 Å². The molecule has 1 radical (unpaired) electrons. The molecule has 2 N–H and O–H groups in total. The molecule has 1 heterocycles. The van der Waals surface area contributed by atoms with E-state index in [0.29, 0.717) is 5.31 Å². The molecular weight excluding hydrogens is 569 g/mol. The highest BCUT2D eigenvalue weighted by atomic mass is 16.5. The van der Waals surface area contributed by atoms with E-state index in [1.54, 1.807) is 12.7 Å². The van der Waals surface area contributed by atoms with E-state index in [1.807, 2.05) is 13.0 Å². The highest BCUT2D eigenvalue weighted by Crippen LogP contribution is 2.57. The Morgan fingerprint density at radius 2 is 1.70 bits per heavy atom. The number of benzene rings is 2. The summed E-state index contributed by atoms with van der Waals surface area (Å²) in [6.07, 6.45) is 32.1. The predicted molar refractivity (Wildman–Crippen MR) is 210 cm³/mol. The van der Waals surface area contributed by atoms with E-state index in [1.165, 1.54) is 134 Å². The van der Waals surface area contributed by atoms with Crippen molar-refractivity contribution in [2.75, 3.05) is 14.2 Å². The van der Waals surface area contributed by atoms with E-state index in [0.717, 1.165) is 29.9 Å². The molecule has 0 bridgehead atoms. The van der Waals surface area contributed by atoms with Gasteiger partial charge >= 0.3 is 0 Å². The SMILES string of the molecule is C=CCCC/C=C\C.CCCc1cc(OC)ccc1C1CCC2(C)[B]CCC2C1.CN.c1ccc(CCCCCC2CCCC2)cc1. The Morgan fingerprint density at radius 1 is 0.936 bits per heavy atom. The maximum atomic E-state index is 5.42. The number of fused-ring (bicyclic) bond motifs is 1. The largest absolute Gasteiger partial charge is 0.497 e. The third-order valence-electron chi connectivity index (χ3n) is 10.9. The number of nitrogens with two attached hydrogens (primary N) is 1. The summed E-state index contributed by atoms with van der Waals surface area (Å²) in [7, 11) is 5.88. The molecule has 47 heavy (non-hydrogen) atoms. The van der Waals surface area contributed by atoms with Crippen molar-refractivity contribution in [3.05, 3.63) is 90.0 Å². The Bertz CT molecular complexity index is 1090. The summed E-state index contributed by atoms with van der Waals surface area (Å²) in [5.74, 6) is 3.77. The second-order valence-electron chi connectivity index (χ2n) is 14.3. The van der Waals surface area contributed by atoms with E-state index in [4.69, 9.17) is 4.74 Å². The molecule has 0 amide bonds. The summed E-state index contributed by atoms with van der Waals surface area (Å²) in [5, 5.41) is 0.536. The van der Waals surface area contributed by atoms with Crippen LogP contribution >= 0.6 is 0 Å². The first-order chi connectivity index (χ1) is 23.0. The van der Waals surface area contributed by atoms with Gasteiger partial charge in [-0.1, -0.05) is 144 Å². The van der Waals surface area contributed by atoms with Gasteiger partial charge in [0, 0.05) is 0 Å². The second-order valence-corrected chi connectivity index (χ2v) is 14.3. The summed E-state index contributed by atoms with van der Waals surface area (Å²) in [6, 6.07) is 17.7. The van der Waals surface area contributed by atoms with Crippen LogP contribution in [0.25, 0.3) is 0 Å². The summed E-state index contributed by atoms with van der Waals surface area (Å²) in [4.78, 5) is 0. The standard InChI is InChI=1S/C19H28BO.C16H24.C8H14.CH5N/c1-4-5-14-13-17(21-3)6-7-18(14)15-8-10-19(2)16(12-15)9-11-20-19;1-3-9-15(10-4-1)11-5-2-6-12-16-13-7-8-14-16;1-3-5-7-8-6-4-2;1-2/h6-7,13,15-16H,4-5,8-12H2,1-3H3;1,3-4,9-10,16H,2,5-8,11-14H2;3-4,6H,1,5,7-8H2,2H3;2H2,1H3/b;;6-4-;. The summed E-state index contributed by atoms with van der Waals surface area (Å²) >= 11 is 0. The fraction of sp³-hybridized carbons (Fsp3) is 0.636. The van der Waals surface area contributed by atoms with Crippen molar-refractivity contribution in [3.8, 4) is 5.75 Å². The molecule has 3 atom stereocenters. The Labute approximate surface area is 292 Å². The molecule has 0 spiro atoms. The Morgan fingerprint density at radius 3 is 2.38 bits per heavy atom. The molecule has 5 rings (SSSR count). The fourth-order valence-electron chi connectivity index (χ4n) is 8.06. The van der Waals surface area contributed by atoms with Gasteiger partial charge in [-0.2, -0.15) is 0 Å². The van der Waals surface area contributed by atoms with Crippen LogP contribution in [0.1, 0.15) is 146 Å². The summed E-state index contributed by atoms with van der Waals surface area (Å²) < 4.78 is 5.42. The average Bonchev–Trinajstić information content (AvgIpc) is 3.78. The van der Waals surface area contributed by atoms with Gasteiger partial charge in [0.05, 0.1) is 7.11 Å². The van der Waals surface area contributed by atoms with Gasteiger partial charge in [0.25, 0.3) is 0 Å². The highest BCUT2D eigenvalue weighted by molar-refractivity contribution is 6.41. The maximum Gasteiger partial charge on any atom is 0.119 e. The van der Waals surface area contributed by atoms with Crippen LogP contribution in [0.3, 0.4) is 0 Å². The number of hydrogen-bond donors (Lipinski definition) is 1. The quantitative estimate of drug-likeness (QED) is 0.127. The van der Waals surface area contributed by atoms with Crippen molar-refractivity contribution in [1.29, 1.82) is 0 Å². The number of methoxy groups -OCH3 is 1. The lowest BCUT2D eigenvalue weighted by atomic mass is 9.48. The Kier molecular flexibility index (Phi) is 21.6. The normalized spacial score (nSPS) is 21.7. The molecule has 2 nitrogen and oxygen atoms in total. The fourth-order valence-corrected chi connectivity index (χ4v) is 8.06. The van der Waals surface area contributed by atoms with Crippen LogP contribution in [0.2, 0.25) is 11.6 Å². The van der Waals surface area contributed by atoms with Crippen LogP contribution in [0.15, 0.2) is 73.3 Å². The van der Waals surface area contributed by atoms with E-state index in [9.17, 15) is 0 Å². The van der Waals surface area contributed by atoms with E-state index in [-0.39, 0.29) is 0 Å². The molecule has 0 aromatic heterocycles. The number of ether oxygens (including phenoxy) is 1. The maximum absolute atomic E-state index is 5.42. The first-order valence-corrected chi connectivity index (χ1v) is 19.4. The smallest absolute Gasteiger partial charge is 0.119 e. The Balaban J connectivity index is 0.000000262. The molecule has 2 aromatic rings. The first kappa shape index (κ1) is 40.9. The molecule has 3 fully saturated rings. The van der Waals surface area contributed by atoms with Gasteiger partial charge in [0.2, 0.25) is 0 Å². The summed E-state index contributed by atoms with van der Waals surface area (Å²) in [5.41, 5.74) is 9.13. The van der Waals surface area contributed by atoms with Crippen LogP contribution in [-0.2, 0) is 12.8 Å². The molecule has 3 heteroatoms. The van der Waals surface area contributed by atoms with Crippen molar-refractivity contribution in [2.24, 2.45) is 17.6 Å². The lowest BCUT2D eigenvalue weighted by Gasteiger charge is -2.41. The molecule has 2 aliphatic carbocycles. The number of allylic oxidation sites excluding steroid dienone is 3. The van der Waals surface area contributed by atoms with Crippen molar-refractivity contribution in [3.63, 3.8) is 0 Å². The number of aryl methyl sites for hydroxylation is 2. The van der Waals surface area contributed by atoms with Crippen LogP contribution < -0.4 is 10.5 Å². The van der Waals surface area contributed by atoms with Crippen molar-refractivity contribution < 1.29 is 4.74 Å². The first-order valence-electron chi connectivity index (χ1n) is 19.4. The molecule has 1 saturated heterocycles. The average molecular weight is 641 g/mol. The zero-order valence-corrected chi connectivity index (χ0v) is 31.3. The summed E-state index contributed by atoms with van der Waals surface area (Å²) in [6.45, 7) is 10.4. The van der Waals surface area contributed by atoms with E-state index < -0.39 is 0 Å². The van der Waals surface area contributed by atoms with Crippen molar-refractivity contribution in [2.45, 2.75) is 154 Å². The lowest BCUT2D eigenvalue weighted by Crippen LogP contribution is -2.27. The van der Waals surface area contributed by atoms with Gasteiger partial charge in [-0.15, -0.1) is 6.58 Å². The van der Waals surface area contributed by atoms with Crippen LogP contribution in [0, 0.1) is 11.8 Å². The van der Waals surface area contributed by atoms with Gasteiger partial charge in [-0.25, -0.2) is 0 Å². The third kappa shape index (κ3) is 15.2. The molecular formula is C44H71BNO. The highest BCUT2D eigenvalue weighted by Gasteiger charge is 2.43. The lowest BCUT2D eigenvalue weighted by molar-refractivity contribution is 0.256. The molecule has 1 aliphatic heterocycles. The third-order valence-corrected chi connectivity index (χ3v) is 10.9. The number of hydrogen-bond acceptors (Lipinski definition) is 2. The molecule has 2 aromatic carbocycles. The van der Waals surface area contributed by atoms with Gasteiger partial charge in [-0.05, 0) is 112 Å². The minimum atomic E-state index is 0.536. The Hall–Kier alpha value is -2.26. The van der Waals surface area contributed by atoms with E-state index in [2.05, 4.69) is 94.1 Å².